The zero-order valence-corrected chi connectivity index (χ0v) is 12.0. The topological polar surface area (TPSA) is 68.0 Å². The van der Waals surface area contributed by atoms with Crippen LogP contribution in [0.1, 0.15) is 15.9 Å². The number of pyridine rings is 1. The number of hydrogen-bond acceptors (Lipinski definition) is 3. The molecule has 0 aliphatic heterocycles. The maximum atomic E-state index is 12.8. The van der Waals surface area contributed by atoms with Gasteiger partial charge in [-0.05, 0) is 46.3 Å². The number of benzene rings is 1. The number of nitrogens with one attached hydrogen (secondary N) is 1. The molecule has 2 aromatic rings. The number of carbonyl (C=O) groups excluding carboxylic acids is 1. The SMILES string of the molecule is Nc1ccc(C(=O)Nc2ncccc2Br)cc1C(F)(F)F. The van der Waals surface area contributed by atoms with Crippen molar-refractivity contribution in [2.75, 3.05) is 11.1 Å². The van der Waals surface area contributed by atoms with E-state index in [0.717, 1.165) is 6.07 Å². The number of nitrogens with two attached hydrogens (primary N) is 1. The lowest BCUT2D eigenvalue weighted by Gasteiger charge is -2.12. The Balaban J connectivity index is 2.31. The van der Waals surface area contributed by atoms with E-state index >= 15 is 0 Å². The summed E-state index contributed by atoms with van der Waals surface area (Å²) in [6.45, 7) is 0. The van der Waals surface area contributed by atoms with Gasteiger partial charge >= 0.3 is 6.18 Å². The molecule has 0 radical (unpaired) electrons. The first-order valence-corrected chi connectivity index (χ1v) is 6.47. The number of nitrogen functional groups attached to an aromatic ring is 1. The molecule has 0 fully saturated rings. The van der Waals surface area contributed by atoms with Crippen molar-refractivity contribution in [2.24, 2.45) is 0 Å². The molecule has 1 aromatic heterocycles. The molecular weight excluding hydrogens is 351 g/mol. The Hall–Kier alpha value is -2.09. The summed E-state index contributed by atoms with van der Waals surface area (Å²) in [4.78, 5) is 15.9. The van der Waals surface area contributed by atoms with Crippen LogP contribution in [0, 0.1) is 0 Å². The zero-order chi connectivity index (χ0) is 15.6. The van der Waals surface area contributed by atoms with Gasteiger partial charge in [-0.3, -0.25) is 4.79 Å². The second-order valence-corrected chi connectivity index (χ2v) is 4.94. The fourth-order valence-electron chi connectivity index (χ4n) is 1.60. The van der Waals surface area contributed by atoms with Crippen molar-refractivity contribution in [1.29, 1.82) is 0 Å². The predicted octanol–water partition coefficient (Wildman–Crippen LogP) is 3.70. The van der Waals surface area contributed by atoms with Gasteiger partial charge in [0.2, 0.25) is 0 Å². The minimum Gasteiger partial charge on any atom is -0.398 e. The fraction of sp³-hybridized carbons (Fsp3) is 0.0769. The van der Waals surface area contributed by atoms with Gasteiger partial charge in [0.05, 0.1) is 10.0 Å². The number of amides is 1. The number of carbonyl (C=O) groups is 1. The molecule has 0 atom stereocenters. The Kier molecular flexibility index (Phi) is 4.17. The van der Waals surface area contributed by atoms with E-state index in [2.05, 4.69) is 26.2 Å². The smallest absolute Gasteiger partial charge is 0.398 e. The molecule has 1 aromatic carbocycles. The summed E-state index contributed by atoms with van der Waals surface area (Å²) in [5.41, 5.74) is 3.64. The predicted molar refractivity (Wildman–Crippen MR) is 75.7 cm³/mol. The Morgan fingerprint density at radius 2 is 2.00 bits per heavy atom. The fourth-order valence-corrected chi connectivity index (χ4v) is 1.95. The lowest BCUT2D eigenvalue weighted by atomic mass is 10.1. The van der Waals surface area contributed by atoms with Crippen LogP contribution < -0.4 is 11.1 Å². The number of anilines is 2. The van der Waals surface area contributed by atoms with Crippen molar-refractivity contribution in [3.05, 3.63) is 52.1 Å². The number of nitrogens with zero attached hydrogens (tertiary/aromatic N) is 1. The number of rotatable bonds is 2. The molecule has 0 saturated heterocycles. The highest BCUT2D eigenvalue weighted by Gasteiger charge is 2.33. The molecule has 1 amide bonds. The molecule has 110 valence electrons. The van der Waals surface area contributed by atoms with Crippen molar-refractivity contribution in [2.45, 2.75) is 6.18 Å². The van der Waals surface area contributed by atoms with E-state index in [9.17, 15) is 18.0 Å². The molecule has 0 unspecified atom stereocenters. The lowest BCUT2D eigenvalue weighted by molar-refractivity contribution is -0.136. The third kappa shape index (κ3) is 3.52. The minimum atomic E-state index is -4.62. The second-order valence-electron chi connectivity index (χ2n) is 4.09. The van der Waals surface area contributed by atoms with Crippen LogP contribution in [0.5, 0.6) is 0 Å². The Bertz CT molecular complexity index is 689. The van der Waals surface area contributed by atoms with Crippen molar-refractivity contribution in [3.63, 3.8) is 0 Å². The molecule has 4 nitrogen and oxygen atoms in total. The number of halogens is 4. The first kappa shape index (κ1) is 15.3. The number of hydrogen-bond donors (Lipinski definition) is 2. The van der Waals surface area contributed by atoms with E-state index in [-0.39, 0.29) is 11.4 Å². The van der Waals surface area contributed by atoms with Crippen LogP contribution in [0.15, 0.2) is 41.0 Å². The average Bonchev–Trinajstić information content (AvgIpc) is 2.40. The zero-order valence-electron chi connectivity index (χ0n) is 10.4. The van der Waals surface area contributed by atoms with Gasteiger partial charge in [-0.1, -0.05) is 0 Å². The monoisotopic (exact) mass is 359 g/mol. The summed E-state index contributed by atoms with van der Waals surface area (Å²) < 4.78 is 38.8. The van der Waals surface area contributed by atoms with E-state index < -0.39 is 23.3 Å². The largest absolute Gasteiger partial charge is 0.418 e. The van der Waals surface area contributed by atoms with E-state index in [0.29, 0.717) is 10.5 Å². The van der Waals surface area contributed by atoms with Crippen LogP contribution in [0.3, 0.4) is 0 Å². The van der Waals surface area contributed by atoms with Crippen LogP contribution in [0.4, 0.5) is 24.7 Å². The maximum Gasteiger partial charge on any atom is 0.418 e. The minimum absolute atomic E-state index is 0.158. The Labute approximate surface area is 126 Å². The molecule has 0 aliphatic rings. The third-order valence-electron chi connectivity index (χ3n) is 2.61. The highest BCUT2D eigenvalue weighted by Crippen LogP contribution is 2.34. The molecule has 8 heteroatoms. The molecule has 3 N–H and O–H groups in total. The molecule has 0 saturated carbocycles. The van der Waals surface area contributed by atoms with Gasteiger partial charge < -0.3 is 11.1 Å². The van der Waals surface area contributed by atoms with Gasteiger partial charge in [0.1, 0.15) is 5.82 Å². The molecular formula is C13H9BrF3N3O. The van der Waals surface area contributed by atoms with E-state index in [4.69, 9.17) is 5.73 Å². The van der Waals surface area contributed by atoms with Crippen LogP contribution in [0.2, 0.25) is 0 Å². The maximum absolute atomic E-state index is 12.8. The summed E-state index contributed by atoms with van der Waals surface area (Å²) >= 11 is 3.18. The van der Waals surface area contributed by atoms with Gasteiger partial charge in [0.25, 0.3) is 5.91 Å². The standard InChI is InChI=1S/C13H9BrF3N3O/c14-9-2-1-5-19-11(9)20-12(21)7-3-4-10(18)8(6-7)13(15,16)17/h1-6H,18H2,(H,19,20,21). The van der Waals surface area contributed by atoms with Crippen LogP contribution in [0.25, 0.3) is 0 Å². The van der Waals surface area contributed by atoms with Crippen molar-refractivity contribution in [3.8, 4) is 0 Å². The molecule has 21 heavy (non-hydrogen) atoms. The third-order valence-corrected chi connectivity index (χ3v) is 3.25. The first-order valence-electron chi connectivity index (χ1n) is 5.67. The van der Waals surface area contributed by atoms with Gasteiger partial charge in [0, 0.05) is 17.4 Å². The highest BCUT2D eigenvalue weighted by atomic mass is 79.9. The lowest BCUT2D eigenvalue weighted by Crippen LogP contribution is -2.16. The Morgan fingerprint density at radius 1 is 1.29 bits per heavy atom. The van der Waals surface area contributed by atoms with Gasteiger partial charge in [-0.15, -0.1) is 0 Å². The summed E-state index contributed by atoms with van der Waals surface area (Å²) in [6, 6.07) is 6.26. The Morgan fingerprint density at radius 3 is 2.62 bits per heavy atom. The van der Waals surface area contributed by atoms with Crippen LogP contribution in [-0.2, 0) is 6.18 Å². The van der Waals surface area contributed by atoms with Crippen molar-refractivity contribution >= 4 is 33.3 Å². The van der Waals surface area contributed by atoms with Crippen molar-refractivity contribution < 1.29 is 18.0 Å². The molecule has 2 rings (SSSR count). The van der Waals surface area contributed by atoms with Crippen LogP contribution >= 0.6 is 15.9 Å². The van der Waals surface area contributed by atoms with E-state index in [1.54, 1.807) is 12.1 Å². The molecule has 0 aliphatic carbocycles. The van der Waals surface area contributed by atoms with Crippen LogP contribution in [-0.4, -0.2) is 10.9 Å². The first-order chi connectivity index (χ1) is 9.79. The summed E-state index contributed by atoms with van der Waals surface area (Å²) in [5.74, 6) is -0.493. The molecule has 0 spiro atoms. The van der Waals surface area contributed by atoms with Gasteiger partial charge in [-0.25, -0.2) is 4.98 Å². The van der Waals surface area contributed by atoms with Crippen molar-refractivity contribution in [1.82, 2.24) is 4.98 Å². The molecule has 1 heterocycles. The normalized spacial score (nSPS) is 11.2. The van der Waals surface area contributed by atoms with E-state index in [1.807, 2.05) is 0 Å². The molecule has 0 bridgehead atoms. The van der Waals surface area contributed by atoms with Gasteiger partial charge in [0.15, 0.2) is 0 Å². The van der Waals surface area contributed by atoms with Gasteiger partial charge in [-0.2, -0.15) is 13.2 Å². The number of aromatic nitrogens is 1. The average molecular weight is 360 g/mol. The summed E-state index contributed by atoms with van der Waals surface area (Å²) in [6.07, 6.45) is -3.17. The summed E-state index contributed by atoms with van der Waals surface area (Å²) in [7, 11) is 0. The quantitative estimate of drug-likeness (QED) is 0.803. The second kappa shape index (κ2) is 5.72. The number of alkyl halides is 3. The summed E-state index contributed by atoms with van der Waals surface area (Å²) in [5, 5.41) is 2.42. The highest BCUT2D eigenvalue weighted by molar-refractivity contribution is 9.10. The van der Waals surface area contributed by atoms with E-state index in [1.165, 1.54) is 12.3 Å².